The largest absolute Gasteiger partial charge is 0.366 e. The molecule has 2 aliphatic heterocycles. The summed E-state index contributed by atoms with van der Waals surface area (Å²) in [5.41, 5.74) is 0.386. The third-order valence-corrected chi connectivity index (χ3v) is 6.70. The molecule has 0 unspecified atom stereocenters. The van der Waals surface area contributed by atoms with Gasteiger partial charge in [0, 0.05) is 19.2 Å². The van der Waals surface area contributed by atoms with Crippen molar-refractivity contribution < 1.29 is 18.2 Å². The summed E-state index contributed by atoms with van der Waals surface area (Å²) in [5, 5.41) is 11.4. The molecule has 0 saturated carbocycles. The number of hydrogen-bond donors (Lipinski definition) is 1. The molecular formula is C15H23N4O4S+. The fraction of sp³-hybridized carbons (Fsp3) is 0.600. The van der Waals surface area contributed by atoms with Crippen LogP contribution in [0.5, 0.6) is 0 Å². The minimum atomic E-state index is -3.68. The maximum absolute atomic E-state index is 12.8. The van der Waals surface area contributed by atoms with Crippen LogP contribution in [0.1, 0.15) is 12.8 Å². The van der Waals surface area contributed by atoms with Crippen LogP contribution in [0.4, 0.5) is 11.4 Å². The average Bonchev–Trinajstić information content (AvgIpc) is 3.09. The molecule has 0 amide bonds. The number of sulfonamides is 1. The molecule has 2 fully saturated rings. The Morgan fingerprint density at radius 1 is 1.12 bits per heavy atom. The van der Waals surface area contributed by atoms with E-state index in [1.807, 2.05) is 11.9 Å². The number of anilines is 1. The van der Waals surface area contributed by atoms with Crippen LogP contribution in [-0.2, 0) is 10.0 Å². The highest BCUT2D eigenvalue weighted by Gasteiger charge is 2.32. The molecule has 0 atom stereocenters. The number of nitro benzene ring substituents is 1. The summed E-state index contributed by atoms with van der Waals surface area (Å²) in [6, 6.07) is 4.30. The summed E-state index contributed by atoms with van der Waals surface area (Å²) in [5.74, 6) is 0. The second-order valence-electron chi connectivity index (χ2n) is 6.46. The lowest BCUT2D eigenvalue weighted by atomic mass is 10.2. The van der Waals surface area contributed by atoms with E-state index < -0.39 is 14.9 Å². The second kappa shape index (κ2) is 6.66. The first-order valence-electron chi connectivity index (χ1n) is 8.24. The van der Waals surface area contributed by atoms with Gasteiger partial charge in [0.15, 0.2) is 0 Å². The molecule has 3 rings (SSSR count). The standard InChI is InChI=1S/C15H22N4O4S/c1-16-8-10-18(11-9-16)24(22,23)13-4-5-14(15(12-13)19(20)21)17-6-2-3-7-17/h4-5,12H,2-3,6-11H2,1H3/p+1. The monoisotopic (exact) mass is 355 g/mol. The van der Waals surface area contributed by atoms with Gasteiger partial charge in [0.1, 0.15) is 5.69 Å². The van der Waals surface area contributed by atoms with Crippen molar-refractivity contribution in [3.8, 4) is 0 Å². The zero-order valence-electron chi connectivity index (χ0n) is 13.8. The SMILES string of the molecule is C[NH+]1CCN(S(=O)(=O)c2ccc(N3CCCC3)c([N+](=O)[O-])c2)CC1. The minimum Gasteiger partial charge on any atom is -0.366 e. The second-order valence-corrected chi connectivity index (χ2v) is 8.40. The van der Waals surface area contributed by atoms with E-state index in [0.29, 0.717) is 18.8 Å². The number of nitro groups is 1. The fourth-order valence-corrected chi connectivity index (χ4v) is 4.75. The smallest absolute Gasteiger partial charge is 0.293 e. The molecule has 9 heteroatoms. The van der Waals surface area contributed by atoms with Gasteiger partial charge >= 0.3 is 0 Å². The van der Waals surface area contributed by atoms with E-state index in [1.54, 1.807) is 6.07 Å². The lowest BCUT2D eigenvalue weighted by molar-refractivity contribution is -0.883. The molecule has 0 aromatic heterocycles. The van der Waals surface area contributed by atoms with Crippen molar-refractivity contribution in [1.29, 1.82) is 0 Å². The first-order chi connectivity index (χ1) is 11.4. The van der Waals surface area contributed by atoms with Gasteiger partial charge in [-0.25, -0.2) is 8.42 Å². The van der Waals surface area contributed by atoms with Crippen molar-refractivity contribution in [2.24, 2.45) is 0 Å². The van der Waals surface area contributed by atoms with Crippen LogP contribution in [0.25, 0.3) is 0 Å². The van der Waals surface area contributed by atoms with Gasteiger partial charge in [0.2, 0.25) is 10.0 Å². The number of piperazine rings is 1. The molecule has 0 aliphatic carbocycles. The van der Waals surface area contributed by atoms with Crippen molar-refractivity contribution >= 4 is 21.4 Å². The van der Waals surface area contributed by atoms with Crippen LogP contribution in [0.2, 0.25) is 0 Å². The van der Waals surface area contributed by atoms with E-state index in [4.69, 9.17) is 0 Å². The highest BCUT2D eigenvalue weighted by atomic mass is 32.2. The maximum Gasteiger partial charge on any atom is 0.293 e. The fourth-order valence-electron chi connectivity index (χ4n) is 3.29. The Labute approximate surface area is 141 Å². The lowest BCUT2D eigenvalue weighted by Crippen LogP contribution is -3.12. The number of benzene rings is 1. The topological polar surface area (TPSA) is 88.2 Å². The molecule has 8 nitrogen and oxygen atoms in total. The van der Waals surface area contributed by atoms with Gasteiger partial charge in [0.05, 0.1) is 43.0 Å². The Morgan fingerprint density at radius 3 is 2.33 bits per heavy atom. The first-order valence-corrected chi connectivity index (χ1v) is 9.68. The average molecular weight is 355 g/mol. The molecule has 2 aliphatic rings. The van der Waals surface area contributed by atoms with Gasteiger partial charge < -0.3 is 9.80 Å². The molecule has 0 spiro atoms. The summed E-state index contributed by atoms with van der Waals surface area (Å²) < 4.78 is 27.0. The zero-order chi connectivity index (χ0) is 17.3. The summed E-state index contributed by atoms with van der Waals surface area (Å²) >= 11 is 0. The number of likely N-dealkylation sites (N-methyl/N-ethyl adjacent to an activating group) is 1. The Kier molecular flexibility index (Phi) is 4.75. The van der Waals surface area contributed by atoms with Gasteiger partial charge in [-0.15, -0.1) is 0 Å². The van der Waals surface area contributed by atoms with Crippen LogP contribution in [0.15, 0.2) is 23.1 Å². The van der Waals surface area contributed by atoms with Crippen molar-refractivity contribution in [1.82, 2.24) is 4.31 Å². The van der Waals surface area contributed by atoms with Crippen LogP contribution < -0.4 is 9.80 Å². The number of quaternary nitrogens is 1. The van der Waals surface area contributed by atoms with E-state index >= 15 is 0 Å². The predicted molar refractivity (Wildman–Crippen MR) is 89.9 cm³/mol. The predicted octanol–water partition coefficient (Wildman–Crippen LogP) is -0.286. The summed E-state index contributed by atoms with van der Waals surface area (Å²) in [7, 11) is -1.66. The highest BCUT2D eigenvalue weighted by Crippen LogP contribution is 2.33. The van der Waals surface area contributed by atoms with Crippen molar-refractivity contribution in [2.75, 3.05) is 51.2 Å². The zero-order valence-corrected chi connectivity index (χ0v) is 14.6. The number of nitrogens with one attached hydrogen (secondary N) is 1. The molecular weight excluding hydrogens is 332 g/mol. The van der Waals surface area contributed by atoms with Gasteiger partial charge in [-0.05, 0) is 25.0 Å². The molecule has 2 saturated heterocycles. The van der Waals surface area contributed by atoms with Gasteiger partial charge in [-0.2, -0.15) is 4.31 Å². The minimum absolute atomic E-state index is 0.0108. The lowest BCUT2D eigenvalue weighted by Gasteiger charge is -2.29. The van der Waals surface area contributed by atoms with Gasteiger partial charge in [0.25, 0.3) is 5.69 Å². The number of hydrogen-bond acceptors (Lipinski definition) is 5. The first kappa shape index (κ1) is 17.1. The Hall–Kier alpha value is -1.71. The van der Waals surface area contributed by atoms with E-state index in [9.17, 15) is 18.5 Å². The van der Waals surface area contributed by atoms with Crippen molar-refractivity contribution in [3.05, 3.63) is 28.3 Å². The van der Waals surface area contributed by atoms with Crippen LogP contribution >= 0.6 is 0 Å². The molecule has 1 aromatic carbocycles. The molecule has 0 radical (unpaired) electrons. The molecule has 1 aromatic rings. The summed E-state index contributed by atoms with van der Waals surface area (Å²) in [4.78, 5) is 14.2. The van der Waals surface area contributed by atoms with Gasteiger partial charge in [-0.1, -0.05) is 0 Å². The van der Waals surface area contributed by atoms with Crippen molar-refractivity contribution in [3.63, 3.8) is 0 Å². The van der Waals surface area contributed by atoms with E-state index in [1.165, 1.54) is 21.3 Å². The maximum atomic E-state index is 12.8. The van der Waals surface area contributed by atoms with E-state index in [0.717, 1.165) is 39.0 Å². The molecule has 1 N–H and O–H groups in total. The highest BCUT2D eigenvalue weighted by molar-refractivity contribution is 7.89. The Bertz CT molecular complexity index is 723. The third-order valence-electron chi connectivity index (χ3n) is 4.80. The van der Waals surface area contributed by atoms with Crippen LogP contribution in [0.3, 0.4) is 0 Å². The van der Waals surface area contributed by atoms with Crippen LogP contribution in [-0.4, -0.2) is 64.0 Å². The van der Waals surface area contributed by atoms with Crippen LogP contribution in [0, 0.1) is 10.1 Å². The molecule has 2 heterocycles. The molecule has 0 bridgehead atoms. The molecule has 132 valence electrons. The van der Waals surface area contributed by atoms with Gasteiger partial charge in [-0.3, -0.25) is 10.1 Å². The molecule has 24 heavy (non-hydrogen) atoms. The Balaban J connectivity index is 1.93. The van der Waals surface area contributed by atoms with E-state index in [2.05, 4.69) is 0 Å². The summed E-state index contributed by atoms with van der Waals surface area (Å²) in [6.07, 6.45) is 2.00. The number of nitrogens with zero attached hydrogens (tertiary/aromatic N) is 3. The third kappa shape index (κ3) is 3.24. The number of rotatable bonds is 4. The summed E-state index contributed by atoms with van der Waals surface area (Å²) in [6.45, 7) is 3.91. The Morgan fingerprint density at radius 2 is 1.75 bits per heavy atom. The van der Waals surface area contributed by atoms with E-state index in [-0.39, 0.29) is 10.6 Å². The van der Waals surface area contributed by atoms with Crippen molar-refractivity contribution in [2.45, 2.75) is 17.7 Å². The quantitative estimate of drug-likeness (QED) is 0.593. The normalized spacial score (nSPS) is 20.5.